The van der Waals surface area contributed by atoms with Crippen LogP contribution in [0.1, 0.15) is 20.3 Å². The summed E-state index contributed by atoms with van der Waals surface area (Å²) in [5, 5.41) is 0. The molecule has 0 spiro atoms. The Kier molecular flexibility index (Phi) is 6.02. The Morgan fingerprint density at radius 2 is 2.26 bits per heavy atom. The van der Waals surface area contributed by atoms with E-state index >= 15 is 0 Å². The number of hydrogen-bond acceptors (Lipinski definition) is 3. The van der Waals surface area contributed by atoms with Crippen LogP contribution in [0.15, 0.2) is 12.2 Å². The predicted octanol–water partition coefficient (Wildman–Crippen LogP) is 0.906. The van der Waals surface area contributed by atoms with Crippen LogP contribution in [-0.2, 0) is 14.3 Å². The third-order valence-electron chi connectivity index (χ3n) is 3.28. The highest BCUT2D eigenvalue weighted by Crippen LogP contribution is 2.20. The molecule has 0 unspecified atom stereocenters. The number of ether oxygens (including phenoxy) is 1. The molecule has 0 aromatic rings. The van der Waals surface area contributed by atoms with E-state index in [2.05, 4.69) is 6.58 Å². The Bertz CT molecular complexity index is 355. The van der Waals surface area contributed by atoms with Crippen molar-refractivity contribution in [2.24, 2.45) is 5.92 Å². The minimum Gasteiger partial charge on any atom is -0.383 e. The molecule has 0 aromatic carbocycles. The van der Waals surface area contributed by atoms with Crippen molar-refractivity contribution in [2.75, 3.05) is 39.9 Å². The van der Waals surface area contributed by atoms with Gasteiger partial charge in [0.1, 0.15) is 0 Å². The first-order valence-corrected chi connectivity index (χ1v) is 6.69. The van der Waals surface area contributed by atoms with Crippen LogP contribution in [0.3, 0.4) is 0 Å². The molecule has 0 saturated carbocycles. The Hall–Kier alpha value is -1.36. The molecule has 0 bridgehead atoms. The van der Waals surface area contributed by atoms with E-state index in [1.807, 2.05) is 13.8 Å². The molecule has 0 radical (unpaired) electrons. The molecule has 0 N–H and O–H groups in total. The van der Waals surface area contributed by atoms with Gasteiger partial charge in [0.25, 0.3) is 0 Å². The van der Waals surface area contributed by atoms with E-state index in [4.69, 9.17) is 4.74 Å². The van der Waals surface area contributed by atoms with Gasteiger partial charge in [-0.2, -0.15) is 0 Å². The van der Waals surface area contributed by atoms with Crippen molar-refractivity contribution in [3.63, 3.8) is 0 Å². The van der Waals surface area contributed by atoms with Crippen molar-refractivity contribution in [1.82, 2.24) is 9.80 Å². The van der Waals surface area contributed by atoms with Crippen molar-refractivity contribution in [1.29, 1.82) is 0 Å². The van der Waals surface area contributed by atoms with Gasteiger partial charge in [0, 0.05) is 39.7 Å². The van der Waals surface area contributed by atoms with Crippen LogP contribution in [0, 0.1) is 5.92 Å². The van der Waals surface area contributed by atoms with Gasteiger partial charge in [-0.25, -0.2) is 0 Å². The van der Waals surface area contributed by atoms with Crippen LogP contribution in [-0.4, -0.2) is 61.5 Å². The summed E-state index contributed by atoms with van der Waals surface area (Å²) in [5.74, 6) is -0.121. The van der Waals surface area contributed by atoms with Crippen LogP contribution >= 0.6 is 0 Å². The van der Waals surface area contributed by atoms with E-state index < -0.39 is 0 Å². The van der Waals surface area contributed by atoms with Gasteiger partial charge in [0.2, 0.25) is 11.8 Å². The normalized spacial score (nSPS) is 18.8. The topological polar surface area (TPSA) is 49.9 Å². The van der Waals surface area contributed by atoms with Crippen molar-refractivity contribution < 1.29 is 14.3 Å². The minimum atomic E-state index is -0.219. The molecule has 0 aliphatic carbocycles. The Morgan fingerprint density at radius 1 is 1.58 bits per heavy atom. The van der Waals surface area contributed by atoms with E-state index in [1.54, 1.807) is 16.9 Å². The van der Waals surface area contributed by atoms with E-state index in [-0.39, 0.29) is 17.7 Å². The van der Waals surface area contributed by atoms with Crippen molar-refractivity contribution in [3.05, 3.63) is 12.2 Å². The fraction of sp³-hybridized carbons (Fsp3) is 0.714. The zero-order valence-electron chi connectivity index (χ0n) is 12.1. The summed E-state index contributed by atoms with van der Waals surface area (Å²) in [6, 6.07) is 0. The molecule has 1 aliphatic rings. The average molecular weight is 268 g/mol. The van der Waals surface area contributed by atoms with Gasteiger partial charge in [-0.3, -0.25) is 9.59 Å². The molecular weight excluding hydrogens is 244 g/mol. The third kappa shape index (κ3) is 4.35. The number of rotatable bonds is 7. The van der Waals surface area contributed by atoms with Crippen molar-refractivity contribution in [2.45, 2.75) is 20.3 Å². The number of hydrogen-bond donors (Lipinski definition) is 0. The summed E-state index contributed by atoms with van der Waals surface area (Å²) in [6.45, 7) is 10.5. The molecule has 1 heterocycles. The molecule has 1 aliphatic heterocycles. The lowest BCUT2D eigenvalue weighted by molar-refractivity contribution is -0.135. The van der Waals surface area contributed by atoms with Gasteiger partial charge >= 0.3 is 0 Å². The SMILES string of the molecule is C=C(C)CN(CC)C(=O)[C@H]1CC(=O)N(CCOC)C1. The van der Waals surface area contributed by atoms with Crippen LogP contribution in [0.4, 0.5) is 0 Å². The van der Waals surface area contributed by atoms with E-state index in [0.717, 1.165) is 5.57 Å². The fourth-order valence-electron chi connectivity index (χ4n) is 2.28. The molecule has 5 nitrogen and oxygen atoms in total. The van der Waals surface area contributed by atoms with E-state index in [1.165, 1.54) is 0 Å². The lowest BCUT2D eigenvalue weighted by Crippen LogP contribution is -2.38. The number of methoxy groups -OCH3 is 1. The molecule has 19 heavy (non-hydrogen) atoms. The van der Waals surface area contributed by atoms with Crippen molar-refractivity contribution in [3.8, 4) is 0 Å². The molecule has 1 rings (SSSR count). The monoisotopic (exact) mass is 268 g/mol. The lowest BCUT2D eigenvalue weighted by atomic mass is 10.1. The summed E-state index contributed by atoms with van der Waals surface area (Å²) >= 11 is 0. The third-order valence-corrected chi connectivity index (χ3v) is 3.28. The first-order chi connectivity index (χ1) is 8.99. The van der Waals surface area contributed by atoms with E-state index in [0.29, 0.717) is 39.2 Å². The maximum atomic E-state index is 12.4. The molecule has 108 valence electrons. The summed E-state index contributed by atoms with van der Waals surface area (Å²) in [4.78, 5) is 27.6. The molecule has 1 atom stereocenters. The number of likely N-dealkylation sites (N-methyl/N-ethyl adjacent to an activating group) is 1. The lowest BCUT2D eigenvalue weighted by Gasteiger charge is -2.24. The number of likely N-dealkylation sites (tertiary alicyclic amines) is 1. The highest BCUT2D eigenvalue weighted by atomic mass is 16.5. The zero-order valence-corrected chi connectivity index (χ0v) is 12.1. The second-order valence-electron chi connectivity index (χ2n) is 5.04. The smallest absolute Gasteiger partial charge is 0.228 e. The number of carbonyl (C=O) groups excluding carboxylic acids is 2. The zero-order chi connectivity index (χ0) is 14.4. The average Bonchev–Trinajstić information content (AvgIpc) is 2.73. The van der Waals surface area contributed by atoms with Crippen LogP contribution in [0.2, 0.25) is 0 Å². The van der Waals surface area contributed by atoms with Gasteiger partial charge in [0.15, 0.2) is 0 Å². The van der Waals surface area contributed by atoms with Gasteiger partial charge in [-0.05, 0) is 13.8 Å². The number of carbonyl (C=O) groups is 2. The molecule has 0 aromatic heterocycles. The molecule has 5 heteroatoms. The Labute approximate surface area is 115 Å². The molecule has 2 amide bonds. The first kappa shape index (κ1) is 15.7. The van der Waals surface area contributed by atoms with E-state index in [9.17, 15) is 9.59 Å². The maximum Gasteiger partial charge on any atom is 0.228 e. The number of amides is 2. The largest absolute Gasteiger partial charge is 0.383 e. The molecule has 1 saturated heterocycles. The van der Waals surface area contributed by atoms with Gasteiger partial charge in [0.05, 0.1) is 12.5 Å². The standard InChI is InChI=1S/C14H24N2O3/c1-5-15(9-11(2)3)14(18)12-8-13(17)16(10-12)6-7-19-4/h12H,2,5-10H2,1,3-4H3/t12-/m0/s1. The predicted molar refractivity (Wildman–Crippen MR) is 73.6 cm³/mol. The number of nitrogens with zero attached hydrogens (tertiary/aromatic N) is 2. The fourth-order valence-corrected chi connectivity index (χ4v) is 2.28. The summed E-state index contributed by atoms with van der Waals surface area (Å²) in [5.41, 5.74) is 0.954. The highest BCUT2D eigenvalue weighted by Gasteiger charge is 2.35. The maximum absolute atomic E-state index is 12.4. The minimum absolute atomic E-state index is 0.0433. The van der Waals surface area contributed by atoms with Crippen LogP contribution in [0.5, 0.6) is 0 Å². The summed E-state index contributed by atoms with van der Waals surface area (Å²) in [7, 11) is 1.61. The quantitative estimate of drug-likeness (QED) is 0.645. The molecule has 1 fully saturated rings. The van der Waals surface area contributed by atoms with Crippen LogP contribution in [0.25, 0.3) is 0 Å². The van der Waals surface area contributed by atoms with Gasteiger partial charge < -0.3 is 14.5 Å². The van der Waals surface area contributed by atoms with Crippen molar-refractivity contribution >= 4 is 11.8 Å². The Morgan fingerprint density at radius 3 is 2.79 bits per heavy atom. The van der Waals surface area contributed by atoms with Gasteiger partial charge in [-0.1, -0.05) is 12.2 Å². The first-order valence-electron chi connectivity index (χ1n) is 6.69. The Balaban J connectivity index is 2.58. The second kappa shape index (κ2) is 7.28. The summed E-state index contributed by atoms with van der Waals surface area (Å²) < 4.78 is 4.97. The second-order valence-corrected chi connectivity index (χ2v) is 5.04. The molecular formula is C14H24N2O3. The summed E-state index contributed by atoms with van der Waals surface area (Å²) in [6.07, 6.45) is 0.315. The highest BCUT2D eigenvalue weighted by molar-refractivity contribution is 5.89. The van der Waals surface area contributed by atoms with Crippen LogP contribution < -0.4 is 0 Å². The van der Waals surface area contributed by atoms with Gasteiger partial charge in [-0.15, -0.1) is 0 Å².